The molecule has 80 valence electrons. The zero-order valence-electron chi connectivity index (χ0n) is 8.97. The molecule has 0 aromatic carbocycles. The van der Waals surface area contributed by atoms with Gasteiger partial charge in [0.2, 0.25) is 0 Å². The molecule has 2 nitrogen and oxygen atoms in total. The Labute approximate surface area is 96.4 Å². The summed E-state index contributed by atoms with van der Waals surface area (Å²) >= 11 is 1.47. The molecule has 0 atom stereocenters. The maximum Gasteiger partial charge on any atom is 0.189 e. The molecule has 0 aromatic rings. The largest absolute Gasteiger partial charge is 1.00 e. The van der Waals surface area contributed by atoms with E-state index in [2.05, 4.69) is 21.1 Å². The first-order chi connectivity index (χ1) is 5.45. The van der Waals surface area contributed by atoms with E-state index in [1.54, 1.807) is 0 Å². The molecule has 0 unspecified atom stereocenters. The Morgan fingerprint density at radius 2 is 1.85 bits per heavy atom. The maximum absolute atomic E-state index is 11.1. The van der Waals surface area contributed by atoms with Gasteiger partial charge in [-0.05, 0) is 6.42 Å². The highest BCUT2D eigenvalue weighted by Gasteiger charge is 2.08. The van der Waals surface area contributed by atoms with Crippen molar-refractivity contribution in [3.63, 3.8) is 0 Å². The number of quaternary nitrogens is 1. The molecular formula is C9H20BrNOS. The van der Waals surface area contributed by atoms with Gasteiger partial charge in [0.25, 0.3) is 0 Å². The molecule has 4 heteroatoms. The number of rotatable bonds is 5. The van der Waals surface area contributed by atoms with E-state index in [0.717, 1.165) is 29.6 Å². The van der Waals surface area contributed by atoms with Gasteiger partial charge in [0.05, 0.1) is 33.4 Å². The summed E-state index contributed by atoms with van der Waals surface area (Å²) in [7, 11) is 6.43. The first-order valence-corrected chi connectivity index (χ1v) is 5.40. The monoisotopic (exact) mass is 269 g/mol. The SMILES string of the molecule is CCCC(=O)SCC[N+](C)(C)C.[Br-]. The van der Waals surface area contributed by atoms with E-state index in [-0.39, 0.29) is 17.0 Å². The van der Waals surface area contributed by atoms with Crippen molar-refractivity contribution in [1.29, 1.82) is 0 Å². The third-order valence-corrected chi connectivity index (χ3v) is 2.39. The zero-order valence-corrected chi connectivity index (χ0v) is 11.4. The van der Waals surface area contributed by atoms with Gasteiger partial charge < -0.3 is 21.5 Å². The van der Waals surface area contributed by atoms with Crippen molar-refractivity contribution in [3.05, 3.63) is 0 Å². The van der Waals surface area contributed by atoms with Gasteiger partial charge in [0, 0.05) is 6.42 Å². The van der Waals surface area contributed by atoms with Crippen LogP contribution in [0.25, 0.3) is 0 Å². The Kier molecular flexibility index (Phi) is 9.58. The van der Waals surface area contributed by atoms with E-state index in [0.29, 0.717) is 5.12 Å². The van der Waals surface area contributed by atoms with Gasteiger partial charge in [0.15, 0.2) is 5.12 Å². The Morgan fingerprint density at radius 1 is 1.31 bits per heavy atom. The van der Waals surface area contributed by atoms with Gasteiger partial charge in [-0.3, -0.25) is 4.79 Å². The summed E-state index contributed by atoms with van der Waals surface area (Å²) in [5, 5.41) is 0.339. The molecule has 0 saturated carbocycles. The van der Waals surface area contributed by atoms with Crippen LogP contribution in [0.2, 0.25) is 0 Å². The molecule has 13 heavy (non-hydrogen) atoms. The van der Waals surface area contributed by atoms with Crippen LogP contribution in [0.1, 0.15) is 19.8 Å². The number of nitrogens with zero attached hydrogens (tertiary/aromatic N) is 1. The molecule has 0 heterocycles. The Hall–Kier alpha value is 0.460. The van der Waals surface area contributed by atoms with Crippen molar-refractivity contribution in [2.24, 2.45) is 0 Å². The molecule has 0 aromatic heterocycles. The first kappa shape index (κ1) is 15.9. The van der Waals surface area contributed by atoms with Gasteiger partial charge in [0.1, 0.15) is 0 Å². The molecule has 0 aliphatic rings. The summed E-state index contributed by atoms with van der Waals surface area (Å²) in [4.78, 5) is 11.1. The lowest BCUT2D eigenvalue weighted by atomic mass is 10.4. The minimum Gasteiger partial charge on any atom is -1.00 e. The molecule has 0 N–H and O–H groups in total. The maximum atomic E-state index is 11.1. The van der Waals surface area contributed by atoms with Crippen molar-refractivity contribution < 1.29 is 26.3 Å². The third kappa shape index (κ3) is 12.5. The van der Waals surface area contributed by atoms with Crippen molar-refractivity contribution >= 4 is 16.9 Å². The Balaban J connectivity index is 0. The second kappa shape index (κ2) is 7.83. The van der Waals surface area contributed by atoms with Crippen molar-refractivity contribution in [2.75, 3.05) is 33.4 Å². The molecule has 0 amide bonds. The predicted molar refractivity (Wildman–Crippen MR) is 55.3 cm³/mol. The van der Waals surface area contributed by atoms with Crippen LogP contribution in [0.15, 0.2) is 0 Å². The van der Waals surface area contributed by atoms with Crippen molar-refractivity contribution in [1.82, 2.24) is 0 Å². The average molecular weight is 270 g/mol. The molecule has 0 rings (SSSR count). The molecule has 0 fully saturated rings. The minimum absolute atomic E-state index is 0. The van der Waals surface area contributed by atoms with Crippen molar-refractivity contribution in [3.8, 4) is 0 Å². The lowest BCUT2D eigenvalue weighted by Gasteiger charge is -2.23. The summed E-state index contributed by atoms with van der Waals surface area (Å²) in [6.07, 6.45) is 1.69. The van der Waals surface area contributed by atoms with Gasteiger partial charge in [-0.2, -0.15) is 0 Å². The number of hydrogen-bond acceptors (Lipinski definition) is 2. The van der Waals surface area contributed by atoms with Crippen LogP contribution in [0, 0.1) is 0 Å². The lowest BCUT2D eigenvalue weighted by Crippen LogP contribution is -3.00. The van der Waals surface area contributed by atoms with Crippen molar-refractivity contribution in [2.45, 2.75) is 19.8 Å². The standard InChI is InChI=1S/C9H20NOS.BrH/c1-5-6-9(11)12-8-7-10(2,3)4;/h5-8H2,1-4H3;1H/q+1;/p-1. The van der Waals surface area contributed by atoms with Crippen LogP contribution in [0.4, 0.5) is 0 Å². The normalized spacial score (nSPS) is 10.8. The third-order valence-electron chi connectivity index (χ3n) is 1.48. The number of hydrogen-bond donors (Lipinski definition) is 0. The molecule has 0 bridgehead atoms. The highest BCUT2D eigenvalue weighted by molar-refractivity contribution is 8.13. The van der Waals surface area contributed by atoms with E-state index in [9.17, 15) is 4.79 Å². The molecule has 0 aliphatic heterocycles. The van der Waals surface area contributed by atoms with E-state index in [1.807, 2.05) is 6.92 Å². The van der Waals surface area contributed by atoms with Crippen LogP contribution in [-0.4, -0.2) is 43.0 Å². The highest BCUT2D eigenvalue weighted by Crippen LogP contribution is 2.08. The molecule has 0 spiro atoms. The van der Waals surface area contributed by atoms with Crippen LogP contribution in [0.5, 0.6) is 0 Å². The summed E-state index contributed by atoms with van der Waals surface area (Å²) in [5.74, 6) is 0.947. The van der Waals surface area contributed by atoms with Gasteiger partial charge in [-0.15, -0.1) is 0 Å². The quantitative estimate of drug-likeness (QED) is 0.581. The lowest BCUT2D eigenvalue weighted by molar-refractivity contribution is -0.867. The van der Waals surface area contributed by atoms with E-state index < -0.39 is 0 Å². The van der Waals surface area contributed by atoms with Crippen LogP contribution >= 0.6 is 11.8 Å². The Bertz CT molecular complexity index is 145. The fourth-order valence-electron chi connectivity index (χ4n) is 0.710. The second-order valence-corrected chi connectivity index (χ2v) is 5.14. The van der Waals surface area contributed by atoms with Crippen LogP contribution in [0.3, 0.4) is 0 Å². The predicted octanol–water partition coefficient (Wildman–Crippen LogP) is -1.24. The summed E-state index contributed by atoms with van der Waals surface area (Å²) < 4.78 is 0.937. The summed E-state index contributed by atoms with van der Waals surface area (Å²) in [5.41, 5.74) is 0. The molecule has 0 radical (unpaired) electrons. The van der Waals surface area contributed by atoms with E-state index in [1.165, 1.54) is 11.8 Å². The highest BCUT2D eigenvalue weighted by atomic mass is 79.9. The first-order valence-electron chi connectivity index (χ1n) is 4.42. The molecule has 0 aliphatic carbocycles. The van der Waals surface area contributed by atoms with E-state index >= 15 is 0 Å². The summed E-state index contributed by atoms with van der Waals surface area (Å²) in [6.45, 7) is 3.10. The van der Waals surface area contributed by atoms with Gasteiger partial charge in [-0.25, -0.2) is 0 Å². The topological polar surface area (TPSA) is 17.1 Å². The number of thioether (sulfide) groups is 1. The van der Waals surface area contributed by atoms with Crippen LogP contribution < -0.4 is 17.0 Å². The number of halogens is 1. The summed E-state index contributed by atoms with van der Waals surface area (Å²) in [6, 6.07) is 0. The Morgan fingerprint density at radius 3 is 2.23 bits per heavy atom. The molecule has 0 saturated heterocycles. The second-order valence-electron chi connectivity index (χ2n) is 3.98. The number of carbonyl (C=O) groups excluding carboxylic acids is 1. The smallest absolute Gasteiger partial charge is 0.189 e. The van der Waals surface area contributed by atoms with E-state index in [4.69, 9.17) is 0 Å². The fraction of sp³-hybridized carbons (Fsp3) is 0.889. The zero-order chi connectivity index (χ0) is 9.61. The minimum atomic E-state index is 0. The number of carbonyl (C=O) groups is 1. The van der Waals surface area contributed by atoms with Gasteiger partial charge in [-0.1, -0.05) is 18.7 Å². The van der Waals surface area contributed by atoms with Gasteiger partial charge >= 0.3 is 0 Å². The average Bonchev–Trinajstić information content (AvgIpc) is 1.84. The van der Waals surface area contributed by atoms with Crippen LogP contribution in [-0.2, 0) is 4.79 Å². The molecular weight excluding hydrogens is 250 g/mol. The fourth-order valence-corrected chi connectivity index (χ4v) is 1.92.